The van der Waals surface area contributed by atoms with Gasteiger partial charge in [0.05, 0.1) is 0 Å². The fourth-order valence-electron chi connectivity index (χ4n) is 2.71. The van der Waals surface area contributed by atoms with Gasteiger partial charge in [-0.3, -0.25) is 4.79 Å². The molecule has 24 heavy (non-hydrogen) atoms. The number of benzene rings is 2. The van der Waals surface area contributed by atoms with Crippen LogP contribution in [0, 0.1) is 6.92 Å². The van der Waals surface area contributed by atoms with E-state index < -0.39 is 12.0 Å². The van der Waals surface area contributed by atoms with Crippen LogP contribution in [0.15, 0.2) is 54.7 Å². The van der Waals surface area contributed by atoms with Gasteiger partial charge in [0.2, 0.25) is 0 Å². The van der Waals surface area contributed by atoms with Gasteiger partial charge in [0.25, 0.3) is 5.91 Å². The molecule has 1 heterocycles. The Morgan fingerprint density at radius 3 is 2.62 bits per heavy atom. The Bertz CT molecular complexity index is 884. The van der Waals surface area contributed by atoms with Crippen molar-refractivity contribution in [1.29, 1.82) is 0 Å². The van der Waals surface area contributed by atoms with Crippen molar-refractivity contribution in [3.63, 3.8) is 0 Å². The Hall–Kier alpha value is -3.08. The third-order valence-electron chi connectivity index (χ3n) is 3.99. The van der Waals surface area contributed by atoms with Crippen LogP contribution in [0.5, 0.6) is 0 Å². The number of aromatic nitrogens is 1. The van der Waals surface area contributed by atoms with E-state index in [1.807, 2.05) is 25.1 Å². The topological polar surface area (TPSA) is 82.2 Å². The van der Waals surface area contributed by atoms with Crippen molar-refractivity contribution in [2.75, 3.05) is 0 Å². The van der Waals surface area contributed by atoms with Gasteiger partial charge >= 0.3 is 5.97 Å². The third-order valence-corrected chi connectivity index (χ3v) is 3.99. The summed E-state index contributed by atoms with van der Waals surface area (Å²) in [4.78, 5) is 26.9. The molecule has 1 aromatic heterocycles. The first-order valence-electron chi connectivity index (χ1n) is 7.70. The standard InChI is InChI=1S/C19H18N2O3/c1-12-7-8-16-15(9-12)14(11-20-16)10-17(19(23)24)21-18(22)13-5-3-2-4-6-13/h2-9,11,17,20H,10H2,1H3,(H,21,22)(H,23,24)/t17-/m0/s1. The van der Waals surface area contributed by atoms with Crippen LogP contribution >= 0.6 is 0 Å². The van der Waals surface area contributed by atoms with E-state index in [0.29, 0.717) is 5.56 Å². The fraction of sp³-hybridized carbons (Fsp3) is 0.158. The fourth-order valence-corrected chi connectivity index (χ4v) is 2.71. The summed E-state index contributed by atoms with van der Waals surface area (Å²) in [6, 6.07) is 13.6. The van der Waals surface area contributed by atoms with E-state index in [1.165, 1.54) is 0 Å². The molecule has 122 valence electrons. The van der Waals surface area contributed by atoms with Crippen LogP contribution in [-0.2, 0) is 11.2 Å². The van der Waals surface area contributed by atoms with E-state index in [4.69, 9.17) is 0 Å². The van der Waals surface area contributed by atoms with E-state index in [9.17, 15) is 14.7 Å². The predicted octanol–water partition coefficient (Wildman–Crippen LogP) is 2.90. The van der Waals surface area contributed by atoms with Gasteiger partial charge in [-0.25, -0.2) is 4.79 Å². The van der Waals surface area contributed by atoms with Gasteiger partial charge in [-0.15, -0.1) is 0 Å². The van der Waals surface area contributed by atoms with Crippen LogP contribution in [0.3, 0.4) is 0 Å². The molecule has 0 aliphatic heterocycles. The molecule has 0 bridgehead atoms. The lowest BCUT2D eigenvalue weighted by atomic mass is 10.0. The van der Waals surface area contributed by atoms with Crippen molar-refractivity contribution < 1.29 is 14.7 Å². The Labute approximate surface area is 139 Å². The summed E-state index contributed by atoms with van der Waals surface area (Å²) < 4.78 is 0. The second-order valence-electron chi connectivity index (χ2n) is 5.80. The predicted molar refractivity (Wildman–Crippen MR) is 92.1 cm³/mol. The molecule has 5 heteroatoms. The van der Waals surface area contributed by atoms with E-state index in [1.54, 1.807) is 36.5 Å². The van der Waals surface area contributed by atoms with Crippen molar-refractivity contribution in [1.82, 2.24) is 10.3 Å². The first kappa shape index (κ1) is 15.8. The molecule has 0 spiro atoms. The number of nitrogens with one attached hydrogen (secondary N) is 2. The van der Waals surface area contributed by atoms with Gasteiger partial charge in [-0.05, 0) is 36.8 Å². The average Bonchev–Trinajstić information content (AvgIpc) is 2.97. The molecule has 0 aliphatic carbocycles. The largest absolute Gasteiger partial charge is 0.480 e. The number of amides is 1. The lowest BCUT2D eigenvalue weighted by Gasteiger charge is -2.14. The second-order valence-corrected chi connectivity index (χ2v) is 5.80. The average molecular weight is 322 g/mol. The quantitative estimate of drug-likeness (QED) is 0.675. The minimum atomic E-state index is -1.05. The maximum Gasteiger partial charge on any atom is 0.326 e. The van der Waals surface area contributed by atoms with Gasteiger partial charge in [0.15, 0.2) is 0 Å². The molecule has 1 atom stereocenters. The molecule has 0 unspecified atom stereocenters. The summed E-state index contributed by atoms with van der Waals surface area (Å²) >= 11 is 0. The number of aryl methyl sites for hydroxylation is 1. The van der Waals surface area contributed by atoms with E-state index in [-0.39, 0.29) is 12.3 Å². The minimum Gasteiger partial charge on any atom is -0.480 e. The zero-order valence-electron chi connectivity index (χ0n) is 13.2. The SMILES string of the molecule is Cc1ccc2[nH]cc(C[C@H](NC(=O)c3ccccc3)C(=O)O)c2c1. The summed E-state index contributed by atoms with van der Waals surface area (Å²) in [7, 11) is 0. The number of aliphatic carboxylic acids is 1. The van der Waals surface area contributed by atoms with E-state index in [0.717, 1.165) is 22.0 Å². The molecule has 0 fully saturated rings. The summed E-state index contributed by atoms with van der Waals surface area (Å²) in [5.74, 6) is -1.44. The van der Waals surface area contributed by atoms with Crippen LogP contribution in [0.25, 0.3) is 10.9 Å². The number of H-pyrrole nitrogens is 1. The number of hydrogen-bond acceptors (Lipinski definition) is 2. The zero-order chi connectivity index (χ0) is 17.1. The second kappa shape index (κ2) is 6.58. The molecular weight excluding hydrogens is 304 g/mol. The van der Waals surface area contributed by atoms with Crippen molar-refractivity contribution in [3.05, 3.63) is 71.4 Å². The molecule has 0 aliphatic rings. The van der Waals surface area contributed by atoms with Crippen LogP contribution in [0.4, 0.5) is 0 Å². The Kier molecular flexibility index (Phi) is 4.33. The lowest BCUT2D eigenvalue weighted by molar-refractivity contribution is -0.139. The molecule has 0 saturated carbocycles. The molecule has 3 N–H and O–H groups in total. The van der Waals surface area contributed by atoms with Crippen molar-refractivity contribution >= 4 is 22.8 Å². The van der Waals surface area contributed by atoms with Crippen molar-refractivity contribution in [2.24, 2.45) is 0 Å². The van der Waals surface area contributed by atoms with Crippen molar-refractivity contribution in [3.8, 4) is 0 Å². The highest BCUT2D eigenvalue weighted by Crippen LogP contribution is 2.21. The summed E-state index contributed by atoms with van der Waals surface area (Å²) in [5.41, 5.74) is 3.37. The first-order valence-corrected chi connectivity index (χ1v) is 7.70. The Morgan fingerprint density at radius 2 is 1.92 bits per heavy atom. The zero-order valence-corrected chi connectivity index (χ0v) is 13.2. The molecule has 0 radical (unpaired) electrons. The molecular formula is C19H18N2O3. The monoisotopic (exact) mass is 322 g/mol. The smallest absolute Gasteiger partial charge is 0.326 e. The maximum atomic E-state index is 12.2. The normalized spacial score (nSPS) is 12.0. The summed E-state index contributed by atoms with van der Waals surface area (Å²) in [6.07, 6.45) is 2.02. The van der Waals surface area contributed by atoms with Gasteiger partial charge in [-0.2, -0.15) is 0 Å². The number of carboxylic acid groups (broad SMARTS) is 1. The Balaban J connectivity index is 1.82. The van der Waals surface area contributed by atoms with Crippen molar-refractivity contribution in [2.45, 2.75) is 19.4 Å². The number of hydrogen-bond donors (Lipinski definition) is 3. The van der Waals surface area contributed by atoms with Crippen LogP contribution in [0.2, 0.25) is 0 Å². The van der Waals surface area contributed by atoms with Crippen LogP contribution in [0.1, 0.15) is 21.5 Å². The highest BCUT2D eigenvalue weighted by atomic mass is 16.4. The van der Waals surface area contributed by atoms with Gasteiger partial charge in [0, 0.05) is 29.1 Å². The van der Waals surface area contributed by atoms with Crippen LogP contribution in [-0.4, -0.2) is 28.0 Å². The molecule has 5 nitrogen and oxygen atoms in total. The van der Waals surface area contributed by atoms with Crippen LogP contribution < -0.4 is 5.32 Å². The number of rotatable bonds is 5. The number of aromatic amines is 1. The van der Waals surface area contributed by atoms with Gasteiger partial charge in [-0.1, -0.05) is 29.8 Å². The molecule has 2 aromatic carbocycles. The molecule has 3 aromatic rings. The van der Waals surface area contributed by atoms with E-state index >= 15 is 0 Å². The first-order chi connectivity index (χ1) is 11.5. The maximum absolute atomic E-state index is 12.2. The molecule has 3 rings (SSSR count). The highest BCUT2D eigenvalue weighted by Gasteiger charge is 2.22. The Morgan fingerprint density at radius 1 is 1.17 bits per heavy atom. The number of carboxylic acids is 1. The lowest BCUT2D eigenvalue weighted by Crippen LogP contribution is -2.42. The number of carbonyl (C=O) groups is 2. The minimum absolute atomic E-state index is 0.220. The van der Waals surface area contributed by atoms with E-state index in [2.05, 4.69) is 10.3 Å². The number of carbonyl (C=O) groups excluding carboxylic acids is 1. The summed E-state index contributed by atoms with van der Waals surface area (Å²) in [6.45, 7) is 1.99. The summed E-state index contributed by atoms with van der Waals surface area (Å²) in [5, 5.41) is 13.0. The molecule has 1 amide bonds. The third kappa shape index (κ3) is 3.30. The van der Waals surface area contributed by atoms with Gasteiger partial charge in [0.1, 0.15) is 6.04 Å². The number of fused-ring (bicyclic) bond motifs is 1. The molecule has 0 saturated heterocycles. The van der Waals surface area contributed by atoms with Gasteiger partial charge < -0.3 is 15.4 Å². The highest BCUT2D eigenvalue weighted by molar-refractivity contribution is 5.96.